The maximum Gasteiger partial charge on any atom is 0.413 e. The Morgan fingerprint density at radius 1 is 1.39 bits per heavy atom. The summed E-state index contributed by atoms with van der Waals surface area (Å²) in [5.74, 6) is 1.86. The average Bonchev–Trinajstić information content (AvgIpc) is 2.89. The summed E-state index contributed by atoms with van der Waals surface area (Å²) in [5.41, 5.74) is 1.06. The van der Waals surface area contributed by atoms with Gasteiger partial charge in [0.05, 0.1) is 11.0 Å². The van der Waals surface area contributed by atoms with Crippen LogP contribution in [0.2, 0.25) is 0 Å². The zero-order valence-electron chi connectivity index (χ0n) is 12.6. The normalized spacial score (nSPS) is 16.5. The third kappa shape index (κ3) is 3.33. The summed E-state index contributed by atoms with van der Waals surface area (Å²) in [4.78, 5) is 22.1. The Morgan fingerprint density at radius 2 is 2.13 bits per heavy atom. The fourth-order valence-electron chi connectivity index (χ4n) is 2.76. The molecular formula is C16H16N2O5. The number of carbonyl (C=O) groups excluding carboxylic acids is 1. The first-order valence-electron chi connectivity index (χ1n) is 7.35. The topological polar surface area (TPSA) is 94.6 Å². The Kier molecular flexibility index (Phi) is 4.01. The van der Waals surface area contributed by atoms with E-state index in [1.165, 1.54) is 24.3 Å². The zero-order valence-corrected chi connectivity index (χ0v) is 12.6. The predicted octanol–water partition coefficient (Wildman–Crippen LogP) is 3.66. The van der Waals surface area contributed by atoms with E-state index in [-0.39, 0.29) is 17.5 Å². The first-order chi connectivity index (χ1) is 11.0. The summed E-state index contributed by atoms with van der Waals surface area (Å²) < 4.78 is 10.8. The number of amides is 1. The van der Waals surface area contributed by atoms with Gasteiger partial charge in [-0.15, -0.1) is 0 Å². The smallest absolute Gasteiger partial charge is 0.413 e. The fourth-order valence-corrected chi connectivity index (χ4v) is 2.76. The molecule has 0 radical (unpaired) electrons. The van der Waals surface area contributed by atoms with Crippen LogP contribution in [0.15, 0.2) is 34.7 Å². The van der Waals surface area contributed by atoms with Gasteiger partial charge >= 0.3 is 6.09 Å². The molecule has 0 bridgehead atoms. The maximum absolute atomic E-state index is 12.0. The van der Waals surface area contributed by atoms with Crippen molar-refractivity contribution in [2.45, 2.75) is 32.2 Å². The lowest BCUT2D eigenvalue weighted by molar-refractivity contribution is -0.384. The Morgan fingerprint density at radius 3 is 2.83 bits per heavy atom. The van der Waals surface area contributed by atoms with Crippen LogP contribution < -0.4 is 10.1 Å². The van der Waals surface area contributed by atoms with Crippen LogP contribution in [0.3, 0.4) is 0 Å². The molecule has 7 heteroatoms. The molecule has 3 rings (SSSR count). The second-order valence-corrected chi connectivity index (χ2v) is 5.48. The SMILES string of the molecule is Cc1cc2c(o1)C(NC(=O)Oc1ccc([N+](=O)[O-])cc1)CCC2. The second-order valence-electron chi connectivity index (χ2n) is 5.48. The van der Waals surface area contributed by atoms with Crippen LogP contribution in [-0.4, -0.2) is 11.0 Å². The van der Waals surface area contributed by atoms with Crippen molar-refractivity contribution >= 4 is 11.8 Å². The highest BCUT2D eigenvalue weighted by molar-refractivity contribution is 5.71. The molecule has 1 aromatic heterocycles. The highest BCUT2D eigenvalue weighted by atomic mass is 16.6. The first-order valence-corrected chi connectivity index (χ1v) is 7.35. The molecule has 1 heterocycles. The van der Waals surface area contributed by atoms with Crippen molar-refractivity contribution in [3.8, 4) is 5.75 Å². The Hall–Kier alpha value is -2.83. The lowest BCUT2D eigenvalue weighted by atomic mass is 9.94. The molecule has 1 unspecified atom stereocenters. The molecule has 1 N–H and O–H groups in total. The first kappa shape index (κ1) is 15.1. The molecule has 1 amide bonds. The Balaban J connectivity index is 1.65. The number of nitro benzene ring substituents is 1. The minimum atomic E-state index is -0.606. The number of nitrogens with one attached hydrogen (secondary N) is 1. The zero-order chi connectivity index (χ0) is 16.4. The van der Waals surface area contributed by atoms with Gasteiger partial charge in [-0.25, -0.2) is 4.79 Å². The highest BCUT2D eigenvalue weighted by Gasteiger charge is 2.26. The summed E-state index contributed by atoms with van der Waals surface area (Å²) in [5, 5.41) is 13.4. The predicted molar refractivity (Wildman–Crippen MR) is 81.4 cm³/mol. The van der Waals surface area contributed by atoms with Crippen LogP contribution in [-0.2, 0) is 6.42 Å². The van der Waals surface area contributed by atoms with E-state index in [2.05, 4.69) is 5.32 Å². The molecular weight excluding hydrogens is 300 g/mol. The highest BCUT2D eigenvalue weighted by Crippen LogP contribution is 2.32. The van der Waals surface area contributed by atoms with Gasteiger partial charge in [0.2, 0.25) is 0 Å². The number of aryl methyl sites for hydroxylation is 2. The van der Waals surface area contributed by atoms with Crippen LogP contribution in [0.25, 0.3) is 0 Å². The maximum atomic E-state index is 12.0. The van der Waals surface area contributed by atoms with Gasteiger partial charge in [0, 0.05) is 12.1 Å². The fraction of sp³-hybridized carbons (Fsp3) is 0.312. The Bertz CT molecular complexity index is 735. The molecule has 0 aliphatic heterocycles. The number of nitrogens with zero attached hydrogens (tertiary/aromatic N) is 1. The number of carbonyl (C=O) groups is 1. The Labute approximate surface area is 132 Å². The molecule has 1 aromatic carbocycles. The average molecular weight is 316 g/mol. The molecule has 0 saturated carbocycles. The molecule has 1 aliphatic carbocycles. The largest absolute Gasteiger partial charge is 0.464 e. The van der Waals surface area contributed by atoms with Crippen molar-refractivity contribution in [2.75, 3.05) is 0 Å². The number of nitro groups is 1. The summed E-state index contributed by atoms with van der Waals surface area (Å²) in [6.45, 7) is 1.88. The van der Waals surface area contributed by atoms with Crippen LogP contribution in [0, 0.1) is 17.0 Å². The van der Waals surface area contributed by atoms with Gasteiger partial charge in [-0.3, -0.25) is 10.1 Å². The molecule has 7 nitrogen and oxygen atoms in total. The molecule has 0 spiro atoms. The summed E-state index contributed by atoms with van der Waals surface area (Å²) in [7, 11) is 0. The van der Waals surface area contributed by atoms with E-state index in [1.54, 1.807) is 0 Å². The van der Waals surface area contributed by atoms with Gasteiger partial charge in [0.25, 0.3) is 5.69 Å². The van der Waals surface area contributed by atoms with Gasteiger partial charge < -0.3 is 14.5 Å². The van der Waals surface area contributed by atoms with Crippen LogP contribution in [0.5, 0.6) is 5.75 Å². The number of ether oxygens (including phenoxy) is 1. The lowest BCUT2D eigenvalue weighted by Crippen LogP contribution is -2.32. The monoisotopic (exact) mass is 316 g/mol. The van der Waals surface area contributed by atoms with Gasteiger partial charge in [-0.1, -0.05) is 0 Å². The lowest BCUT2D eigenvalue weighted by Gasteiger charge is -2.21. The van der Waals surface area contributed by atoms with E-state index in [4.69, 9.17) is 9.15 Å². The standard InChI is InChI=1S/C16H16N2O5/c1-10-9-11-3-2-4-14(15(11)22-10)17-16(19)23-13-7-5-12(6-8-13)18(20)21/h5-9,14H,2-4H2,1H3,(H,17,19). The number of non-ortho nitro benzene ring substituents is 1. The van der Waals surface area contributed by atoms with Crippen molar-refractivity contribution in [3.05, 3.63) is 57.5 Å². The number of furan rings is 1. The number of fused-ring (bicyclic) bond motifs is 1. The number of rotatable bonds is 3. The minimum absolute atomic E-state index is 0.0549. The third-order valence-corrected chi connectivity index (χ3v) is 3.77. The summed E-state index contributed by atoms with van der Waals surface area (Å²) in [6, 6.07) is 7.14. The van der Waals surface area contributed by atoms with E-state index >= 15 is 0 Å². The number of hydrogen-bond acceptors (Lipinski definition) is 5. The molecule has 2 aromatic rings. The van der Waals surface area contributed by atoms with Crippen molar-refractivity contribution in [1.82, 2.24) is 5.32 Å². The molecule has 0 saturated heterocycles. The number of benzene rings is 1. The van der Waals surface area contributed by atoms with Crippen LogP contribution in [0.1, 0.15) is 36.0 Å². The van der Waals surface area contributed by atoms with Gasteiger partial charge in [0.15, 0.2) is 0 Å². The van der Waals surface area contributed by atoms with E-state index in [1.807, 2.05) is 13.0 Å². The van der Waals surface area contributed by atoms with Crippen molar-refractivity contribution in [3.63, 3.8) is 0 Å². The van der Waals surface area contributed by atoms with Gasteiger partial charge in [-0.2, -0.15) is 0 Å². The van der Waals surface area contributed by atoms with Gasteiger partial charge in [-0.05, 0) is 49.9 Å². The summed E-state index contributed by atoms with van der Waals surface area (Å²) in [6.07, 6.45) is 2.09. The minimum Gasteiger partial charge on any atom is -0.464 e. The summed E-state index contributed by atoms with van der Waals surface area (Å²) >= 11 is 0. The second kappa shape index (κ2) is 6.12. The third-order valence-electron chi connectivity index (χ3n) is 3.77. The van der Waals surface area contributed by atoms with Gasteiger partial charge in [0.1, 0.15) is 17.3 Å². The number of hydrogen-bond donors (Lipinski definition) is 1. The van der Waals surface area contributed by atoms with Crippen molar-refractivity contribution in [2.24, 2.45) is 0 Å². The van der Waals surface area contributed by atoms with Crippen LogP contribution in [0.4, 0.5) is 10.5 Å². The van der Waals surface area contributed by atoms with E-state index in [9.17, 15) is 14.9 Å². The molecule has 120 valence electrons. The van der Waals surface area contributed by atoms with Crippen molar-refractivity contribution < 1.29 is 18.9 Å². The van der Waals surface area contributed by atoms with Crippen LogP contribution >= 0.6 is 0 Å². The van der Waals surface area contributed by atoms with E-state index in [0.29, 0.717) is 0 Å². The van der Waals surface area contributed by atoms with Crippen molar-refractivity contribution in [1.29, 1.82) is 0 Å². The van der Waals surface area contributed by atoms with E-state index in [0.717, 1.165) is 36.3 Å². The molecule has 1 atom stereocenters. The quantitative estimate of drug-likeness (QED) is 0.688. The molecule has 1 aliphatic rings. The van der Waals surface area contributed by atoms with E-state index < -0.39 is 11.0 Å². The molecule has 23 heavy (non-hydrogen) atoms. The molecule has 0 fully saturated rings.